The van der Waals surface area contributed by atoms with Crippen molar-refractivity contribution in [3.8, 4) is 0 Å². The molecule has 0 bridgehead atoms. The van der Waals surface area contributed by atoms with Crippen molar-refractivity contribution in [3.63, 3.8) is 0 Å². The van der Waals surface area contributed by atoms with E-state index in [9.17, 15) is 9.59 Å². The number of nitrogens with two attached hydrogens (primary N) is 1. The maximum atomic E-state index is 11.8. The Balaban J connectivity index is 2.57. The predicted octanol–water partition coefficient (Wildman–Crippen LogP) is 2.23. The van der Waals surface area contributed by atoms with Crippen molar-refractivity contribution in [2.75, 3.05) is 0 Å². The average molecular weight is 290 g/mol. The first-order chi connectivity index (χ1) is 10.2. The van der Waals surface area contributed by atoms with E-state index >= 15 is 0 Å². The molecular weight excluding hydrogens is 268 g/mol. The molecule has 0 heterocycles. The number of ether oxygens (including phenoxy) is 1. The van der Waals surface area contributed by atoms with Crippen LogP contribution in [-0.2, 0) is 20.9 Å². The van der Waals surface area contributed by atoms with E-state index in [0.29, 0.717) is 12.0 Å². The van der Waals surface area contributed by atoms with Gasteiger partial charge in [-0.1, -0.05) is 50.1 Å². The summed E-state index contributed by atoms with van der Waals surface area (Å²) < 4.78 is 5.12. The third-order valence-corrected chi connectivity index (χ3v) is 2.99. The minimum absolute atomic E-state index is 0.183. The van der Waals surface area contributed by atoms with Crippen LogP contribution in [0.2, 0.25) is 0 Å². The van der Waals surface area contributed by atoms with Gasteiger partial charge in [0.1, 0.15) is 6.61 Å². The highest BCUT2D eigenvalue weighted by atomic mass is 16.5. The molecule has 0 aliphatic carbocycles. The Hall–Kier alpha value is -2.14. The summed E-state index contributed by atoms with van der Waals surface area (Å²) in [6, 6.07) is 9.37. The summed E-state index contributed by atoms with van der Waals surface area (Å²) in [6.07, 6.45) is 4.60. The molecule has 21 heavy (non-hydrogen) atoms. The maximum absolute atomic E-state index is 11.8. The van der Waals surface area contributed by atoms with Crippen molar-refractivity contribution in [3.05, 3.63) is 47.5 Å². The van der Waals surface area contributed by atoms with E-state index in [2.05, 4.69) is 12.3 Å². The van der Waals surface area contributed by atoms with Crippen molar-refractivity contribution in [1.29, 1.82) is 0 Å². The van der Waals surface area contributed by atoms with E-state index in [1.54, 1.807) is 0 Å². The second-order valence-electron chi connectivity index (χ2n) is 4.69. The highest BCUT2D eigenvalue weighted by Crippen LogP contribution is 2.10. The lowest BCUT2D eigenvalue weighted by Gasteiger charge is -2.06. The molecular formula is C16H22N2O3. The Morgan fingerprint density at radius 2 is 1.95 bits per heavy atom. The van der Waals surface area contributed by atoms with E-state index in [0.717, 1.165) is 24.8 Å². The van der Waals surface area contributed by atoms with Crippen LogP contribution in [-0.4, -0.2) is 11.9 Å². The zero-order chi connectivity index (χ0) is 15.5. The van der Waals surface area contributed by atoms with E-state index < -0.39 is 11.9 Å². The molecule has 0 radical (unpaired) electrons. The van der Waals surface area contributed by atoms with Crippen LogP contribution in [0.1, 0.15) is 38.2 Å². The Morgan fingerprint density at radius 1 is 1.24 bits per heavy atom. The predicted molar refractivity (Wildman–Crippen MR) is 80.8 cm³/mol. The zero-order valence-electron chi connectivity index (χ0n) is 12.3. The SMILES string of the molecule is CCCCCC(=CC(=O)OCc1ccccc1)C(=O)NN. The Bertz CT molecular complexity index is 484. The number of carbonyl (C=O) groups excluding carboxylic acids is 2. The van der Waals surface area contributed by atoms with Crippen LogP contribution in [0, 0.1) is 0 Å². The van der Waals surface area contributed by atoms with Crippen LogP contribution in [0.4, 0.5) is 0 Å². The highest BCUT2D eigenvalue weighted by Gasteiger charge is 2.11. The molecule has 1 aromatic rings. The molecule has 0 unspecified atom stereocenters. The van der Waals surface area contributed by atoms with E-state index in [1.807, 2.05) is 30.3 Å². The van der Waals surface area contributed by atoms with Gasteiger partial charge in [-0.25, -0.2) is 10.6 Å². The fourth-order valence-corrected chi connectivity index (χ4v) is 1.82. The third kappa shape index (κ3) is 6.72. The number of hydrogen-bond donors (Lipinski definition) is 2. The molecule has 3 N–H and O–H groups in total. The lowest BCUT2D eigenvalue weighted by Crippen LogP contribution is -2.31. The first-order valence-corrected chi connectivity index (χ1v) is 7.09. The summed E-state index contributed by atoms with van der Waals surface area (Å²) in [5, 5.41) is 0. The van der Waals surface area contributed by atoms with Crippen molar-refractivity contribution in [1.82, 2.24) is 5.43 Å². The van der Waals surface area contributed by atoms with Crippen molar-refractivity contribution >= 4 is 11.9 Å². The molecule has 0 saturated heterocycles. The molecule has 0 fully saturated rings. The second-order valence-corrected chi connectivity index (χ2v) is 4.69. The van der Waals surface area contributed by atoms with Gasteiger partial charge < -0.3 is 4.74 Å². The number of carbonyl (C=O) groups is 2. The number of hydrogen-bond acceptors (Lipinski definition) is 4. The maximum Gasteiger partial charge on any atom is 0.331 e. The van der Waals surface area contributed by atoms with Gasteiger partial charge in [0.2, 0.25) is 0 Å². The Labute approximate surface area is 125 Å². The van der Waals surface area contributed by atoms with E-state index in [-0.39, 0.29) is 6.61 Å². The fraction of sp³-hybridized carbons (Fsp3) is 0.375. The summed E-state index contributed by atoms with van der Waals surface area (Å²) in [6.45, 7) is 2.25. The summed E-state index contributed by atoms with van der Waals surface area (Å²) in [5.41, 5.74) is 3.31. The lowest BCUT2D eigenvalue weighted by molar-refractivity contribution is -0.139. The molecule has 1 rings (SSSR count). The molecule has 0 aliphatic heterocycles. The first-order valence-electron chi connectivity index (χ1n) is 7.09. The Kier molecular flexibility index (Phi) is 7.82. The van der Waals surface area contributed by atoms with Gasteiger partial charge in [-0.15, -0.1) is 0 Å². The standard InChI is InChI=1S/C16H22N2O3/c1-2-3-5-10-14(16(20)18-17)11-15(19)21-12-13-8-6-4-7-9-13/h4,6-9,11H,2-3,5,10,12,17H2,1H3,(H,18,20). The van der Waals surface area contributed by atoms with Gasteiger partial charge in [0.05, 0.1) is 0 Å². The number of hydrazine groups is 1. The van der Waals surface area contributed by atoms with Crippen molar-refractivity contribution in [2.24, 2.45) is 5.84 Å². The number of unbranched alkanes of at least 4 members (excludes halogenated alkanes) is 2. The number of esters is 1. The molecule has 114 valence electrons. The number of nitrogens with one attached hydrogen (secondary N) is 1. The fourth-order valence-electron chi connectivity index (χ4n) is 1.82. The third-order valence-electron chi connectivity index (χ3n) is 2.99. The van der Waals surface area contributed by atoms with Crippen molar-refractivity contribution < 1.29 is 14.3 Å². The summed E-state index contributed by atoms with van der Waals surface area (Å²) in [5.74, 6) is 4.15. The second kappa shape index (κ2) is 9.72. The average Bonchev–Trinajstić information content (AvgIpc) is 2.52. The zero-order valence-corrected chi connectivity index (χ0v) is 12.3. The van der Waals surface area contributed by atoms with Crippen LogP contribution >= 0.6 is 0 Å². The topological polar surface area (TPSA) is 81.4 Å². The largest absolute Gasteiger partial charge is 0.458 e. The lowest BCUT2D eigenvalue weighted by atomic mass is 10.1. The van der Waals surface area contributed by atoms with Gasteiger partial charge in [-0.2, -0.15) is 0 Å². The van der Waals surface area contributed by atoms with Gasteiger partial charge >= 0.3 is 5.97 Å². The van der Waals surface area contributed by atoms with E-state index in [4.69, 9.17) is 10.6 Å². The molecule has 1 amide bonds. The quantitative estimate of drug-likeness (QED) is 0.192. The minimum Gasteiger partial charge on any atom is -0.458 e. The summed E-state index contributed by atoms with van der Waals surface area (Å²) in [4.78, 5) is 23.4. The normalized spacial score (nSPS) is 11.0. The molecule has 0 aromatic heterocycles. The Morgan fingerprint density at radius 3 is 2.57 bits per heavy atom. The molecule has 0 spiro atoms. The van der Waals surface area contributed by atoms with Crippen LogP contribution in [0.5, 0.6) is 0 Å². The number of rotatable bonds is 8. The van der Waals surface area contributed by atoms with Gasteiger partial charge in [-0.3, -0.25) is 10.2 Å². The summed E-state index contributed by atoms with van der Waals surface area (Å²) >= 11 is 0. The van der Waals surface area contributed by atoms with Gasteiger partial charge in [0, 0.05) is 11.6 Å². The molecule has 5 nitrogen and oxygen atoms in total. The first kappa shape index (κ1) is 16.9. The smallest absolute Gasteiger partial charge is 0.331 e. The highest BCUT2D eigenvalue weighted by molar-refractivity contribution is 5.99. The number of amides is 1. The number of benzene rings is 1. The van der Waals surface area contributed by atoms with Crippen LogP contribution in [0.3, 0.4) is 0 Å². The molecule has 0 atom stereocenters. The molecule has 1 aromatic carbocycles. The molecule has 0 aliphatic rings. The van der Waals surface area contributed by atoms with Gasteiger partial charge in [0.25, 0.3) is 5.91 Å². The molecule has 0 saturated carbocycles. The van der Waals surface area contributed by atoms with Crippen LogP contribution in [0.25, 0.3) is 0 Å². The minimum atomic E-state index is -0.533. The van der Waals surface area contributed by atoms with Gasteiger partial charge in [0.15, 0.2) is 0 Å². The summed E-state index contributed by atoms with van der Waals surface area (Å²) in [7, 11) is 0. The van der Waals surface area contributed by atoms with Crippen LogP contribution in [0.15, 0.2) is 42.0 Å². The van der Waals surface area contributed by atoms with Crippen molar-refractivity contribution in [2.45, 2.75) is 39.2 Å². The molecule has 5 heteroatoms. The monoisotopic (exact) mass is 290 g/mol. The van der Waals surface area contributed by atoms with E-state index in [1.165, 1.54) is 6.08 Å². The van der Waals surface area contributed by atoms with Gasteiger partial charge in [-0.05, 0) is 18.4 Å². The van der Waals surface area contributed by atoms with Crippen LogP contribution < -0.4 is 11.3 Å².